The Labute approximate surface area is 166 Å². The highest BCUT2D eigenvalue weighted by Gasteiger charge is 2.42. The third kappa shape index (κ3) is 5.22. The third-order valence-corrected chi connectivity index (χ3v) is 5.76. The Hall–Kier alpha value is -2.26. The van der Waals surface area contributed by atoms with E-state index in [2.05, 4.69) is 19.8 Å². The van der Waals surface area contributed by atoms with Crippen LogP contribution in [0.1, 0.15) is 18.4 Å². The Kier molecular flexibility index (Phi) is 5.69. The van der Waals surface area contributed by atoms with Crippen molar-refractivity contribution in [3.8, 4) is 11.5 Å². The molecule has 2 fully saturated rings. The molecule has 1 aliphatic carbocycles. The maximum Gasteiger partial charge on any atom is 0.573 e. The van der Waals surface area contributed by atoms with Crippen molar-refractivity contribution in [3.05, 3.63) is 42.2 Å². The van der Waals surface area contributed by atoms with E-state index in [1.165, 1.54) is 23.8 Å². The van der Waals surface area contributed by atoms with E-state index >= 15 is 0 Å². The smallest absolute Gasteiger partial charge is 0.488 e. The van der Waals surface area contributed by atoms with Gasteiger partial charge in [0, 0.05) is 31.9 Å². The number of hydrogen-bond acceptors (Lipinski definition) is 5. The molecule has 0 spiro atoms. The van der Waals surface area contributed by atoms with Gasteiger partial charge in [0.2, 0.25) is 0 Å². The number of halogens is 3. The quantitative estimate of drug-likeness (QED) is 0.765. The average molecular weight is 411 g/mol. The number of aromatic nitrogens is 2. The van der Waals surface area contributed by atoms with Crippen molar-refractivity contribution in [2.75, 3.05) is 19.6 Å². The molecule has 1 aromatic heterocycles. The van der Waals surface area contributed by atoms with Gasteiger partial charge in [0.05, 0.1) is 12.3 Å². The van der Waals surface area contributed by atoms with Crippen LogP contribution in [0.4, 0.5) is 13.2 Å². The number of nitrogens with one attached hydrogen (secondary N) is 1. The lowest BCUT2D eigenvalue weighted by molar-refractivity contribution is -0.274. The second-order valence-corrected chi connectivity index (χ2v) is 7.85. The molecule has 2 heterocycles. The predicted octanol–water partition coefficient (Wildman–Crippen LogP) is 3.00. The number of alkyl halides is 3. The molecule has 1 saturated carbocycles. The first-order valence-corrected chi connectivity index (χ1v) is 9.76. The molecule has 4 rings (SSSR count). The maximum atomic E-state index is 12.4. The SMILES string of the molecule is O[C@@H]1C[C@H]2CN(CCc3cn[nH]c3)C[C@H]2C[C@H]1Oc1cccc(OC(F)(F)F)c1. The normalized spacial score (nSPS) is 27.6. The molecule has 1 aromatic carbocycles. The molecule has 0 bridgehead atoms. The molecule has 9 heteroatoms. The van der Waals surface area contributed by atoms with Crippen LogP contribution in [0.15, 0.2) is 36.7 Å². The second kappa shape index (κ2) is 8.23. The fourth-order valence-electron chi connectivity index (χ4n) is 4.42. The molecule has 4 atom stereocenters. The minimum Gasteiger partial charge on any atom is -0.488 e. The molecule has 1 saturated heterocycles. The fraction of sp³-hybridized carbons (Fsp3) is 0.550. The summed E-state index contributed by atoms with van der Waals surface area (Å²) < 4.78 is 47.1. The highest BCUT2D eigenvalue weighted by atomic mass is 19.4. The van der Waals surface area contributed by atoms with Crippen molar-refractivity contribution >= 4 is 0 Å². The van der Waals surface area contributed by atoms with Crippen molar-refractivity contribution in [3.63, 3.8) is 0 Å². The van der Waals surface area contributed by atoms with Crippen LogP contribution in [-0.4, -0.2) is 58.4 Å². The minimum atomic E-state index is -4.75. The molecule has 6 nitrogen and oxygen atoms in total. The van der Waals surface area contributed by atoms with Gasteiger partial charge in [0.25, 0.3) is 0 Å². The van der Waals surface area contributed by atoms with Crippen LogP contribution in [0, 0.1) is 11.8 Å². The Bertz CT molecular complexity index is 800. The highest BCUT2D eigenvalue weighted by Crippen LogP contribution is 2.38. The monoisotopic (exact) mass is 411 g/mol. The summed E-state index contributed by atoms with van der Waals surface area (Å²) in [7, 11) is 0. The zero-order chi connectivity index (χ0) is 20.4. The molecular formula is C20H24F3N3O3. The van der Waals surface area contributed by atoms with E-state index in [0.717, 1.165) is 26.1 Å². The summed E-state index contributed by atoms with van der Waals surface area (Å²) in [5, 5.41) is 17.3. The first-order chi connectivity index (χ1) is 13.9. The molecule has 0 radical (unpaired) electrons. The Balaban J connectivity index is 1.33. The molecule has 2 aliphatic rings. The van der Waals surface area contributed by atoms with Gasteiger partial charge < -0.3 is 19.5 Å². The summed E-state index contributed by atoms with van der Waals surface area (Å²) in [4.78, 5) is 2.40. The number of nitrogens with zero attached hydrogens (tertiary/aromatic N) is 2. The average Bonchev–Trinajstić information content (AvgIpc) is 3.28. The van der Waals surface area contributed by atoms with Gasteiger partial charge in [-0.1, -0.05) is 6.07 Å². The lowest BCUT2D eigenvalue weighted by Crippen LogP contribution is -2.42. The van der Waals surface area contributed by atoms with Gasteiger partial charge in [0.1, 0.15) is 17.6 Å². The molecule has 158 valence electrons. The first-order valence-electron chi connectivity index (χ1n) is 9.76. The lowest BCUT2D eigenvalue weighted by Gasteiger charge is -2.35. The summed E-state index contributed by atoms with van der Waals surface area (Å²) in [6.07, 6.45) is 0.128. The van der Waals surface area contributed by atoms with Gasteiger partial charge in [-0.05, 0) is 48.8 Å². The second-order valence-electron chi connectivity index (χ2n) is 7.85. The standard InChI is InChI=1S/C20H24F3N3O3/c21-20(22,23)29-17-3-1-2-16(8-17)28-19-7-15-12-26(11-14(15)6-18(19)27)5-4-13-9-24-25-10-13/h1-3,8-10,14-15,18-19,27H,4-7,11-12H2,(H,24,25)/t14-,15+,18+,19+/m0/s1. The highest BCUT2D eigenvalue weighted by molar-refractivity contribution is 5.33. The number of fused-ring (bicyclic) bond motifs is 1. The van der Waals surface area contributed by atoms with Crippen molar-refractivity contribution < 1.29 is 27.8 Å². The van der Waals surface area contributed by atoms with Crippen molar-refractivity contribution in [2.24, 2.45) is 11.8 Å². The van der Waals surface area contributed by atoms with Gasteiger partial charge in [-0.25, -0.2) is 0 Å². The number of aromatic amines is 1. The zero-order valence-electron chi connectivity index (χ0n) is 15.8. The van der Waals surface area contributed by atoms with E-state index in [4.69, 9.17) is 4.74 Å². The van der Waals surface area contributed by atoms with Crippen LogP contribution in [0.3, 0.4) is 0 Å². The summed E-state index contributed by atoms with van der Waals surface area (Å²) in [6.45, 7) is 2.82. The van der Waals surface area contributed by atoms with Crippen LogP contribution in [0.2, 0.25) is 0 Å². The van der Waals surface area contributed by atoms with Crippen LogP contribution in [0.25, 0.3) is 0 Å². The van der Waals surface area contributed by atoms with Crippen molar-refractivity contribution in [1.29, 1.82) is 0 Å². The number of H-pyrrole nitrogens is 1. The molecule has 0 amide bonds. The minimum absolute atomic E-state index is 0.268. The molecule has 2 aromatic rings. The van der Waals surface area contributed by atoms with Gasteiger partial charge in [-0.15, -0.1) is 13.2 Å². The Morgan fingerprint density at radius 2 is 1.93 bits per heavy atom. The van der Waals surface area contributed by atoms with Crippen molar-refractivity contribution in [1.82, 2.24) is 15.1 Å². The molecule has 0 unspecified atom stereocenters. The largest absolute Gasteiger partial charge is 0.573 e. The van der Waals surface area contributed by atoms with Gasteiger partial charge in [0.15, 0.2) is 0 Å². The van der Waals surface area contributed by atoms with E-state index < -0.39 is 18.6 Å². The van der Waals surface area contributed by atoms with Gasteiger partial charge in [-0.3, -0.25) is 5.10 Å². The number of aliphatic hydroxyl groups is 1. The number of benzene rings is 1. The third-order valence-electron chi connectivity index (χ3n) is 5.76. The van der Waals surface area contributed by atoms with E-state index in [-0.39, 0.29) is 11.5 Å². The Morgan fingerprint density at radius 1 is 1.17 bits per heavy atom. The number of rotatable bonds is 6. The maximum absolute atomic E-state index is 12.4. The number of hydrogen-bond donors (Lipinski definition) is 2. The summed E-state index contributed by atoms with van der Waals surface area (Å²) in [5.41, 5.74) is 1.17. The molecule has 2 N–H and O–H groups in total. The van der Waals surface area contributed by atoms with E-state index in [0.29, 0.717) is 24.7 Å². The van der Waals surface area contributed by atoms with Gasteiger partial charge in [-0.2, -0.15) is 5.10 Å². The predicted molar refractivity (Wildman–Crippen MR) is 98.5 cm³/mol. The van der Waals surface area contributed by atoms with E-state index in [1.807, 2.05) is 12.4 Å². The number of aliphatic hydroxyl groups excluding tert-OH is 1. The van der Waals surface area contributed by atoms with Crippen LogP contribution >= 0.6 is 0 Å². The molecular weight excluding hydrogens is 387 g/mol. The molecule has 29 heavy (non-hydrogen) atoms. The van der Waals surface area contributed by atoms with E-state index in [1.54, 1.807) is 6.07 Å². The number of ether oxygens (including phenoxy) is 2. The Morgan fingerprint density at radius 3 is 2.66 bits per heavy atom. The van der Waals surface area contributed by atoms with Crippen LogP contribution in [0.5, 0.6) is 11.5 Å². The topological polar surface area (TPSA) is 70.6 Å². The lowest BCUT2D eigenvalue weighted by atomic mass is 9.78. The number of likely N-dealkylation sites (tertiary alicyclic amines) is 1. The summed E-state index contributed by atoms with van der Waals surface area (Å²) >= 11 is 0. The molecule has 1 aliphatic heterocycles. The van der Waals surface area contributed by atoms with E-state index in [9.17, 15) is 18.3 Å². The van der Waals surface area contributed by atoms with Crippen LogP contribution in [-0.2, 0) is 6.42 Å². The van der Waals surface area contributed by atoms with Gasteiger partial charge >= 0.3 is 6.36 Å². The summed E-state index contributed by atoms with van der Waals surface area (Å²) in [6, 6.07) is 5.45. The first kappa shape index (κ1) is 20.0. The van der Waals surface area contributed by atoms with Crippen molar-refractivity contribution in [2.45, 2.75) is 37.8 Å². The van der Waals surface area contributed by atoms with Crippen LogP contribution < -0.4 is 9.47 Å². The zero-order valence-corrected chi connectivity index (χ0v) is 15.8. The fourth-order valence-corrected chi connectivity index (χ4v) is 4.42. The summed E-state index contributed by atoms with van der Waals surface area (Å²) in [5.74, 6) is 0.755.